The molecule has 2 aromatic rings. The Labute approximate surface area is 132 Å². The standard InChI is InChI=1S/C17H16N2O4/c20-16(21)13-7-11(10-2-1-4-18-9-10)6-12(8-13)14-3-5-19-15(14)17(22)23/h1-2,4,6-9,14-15,19H,3,5H2,(H,20,21)(H,22,23)/t14?,15-/m0/s1. The normalized spacial score (nSPS) is 20.3. The molecule has 1 unspecified atom stereocenters. The van der Waals surface area contributed by atoms with E-state index < -0.39 is 18.0 Å². The van der Waals surface area contributed by atoms with Gasteiger partial charge < -0.3 is 15.5 Å². The number of hydrogen-bond acceptors (Lipinski definition) is 4. The van der Waals surface area contributed by atoms with E-state index >= 15 is 0 Å². The minimum atomic E-state index is -1.03. The van der Waals surface area contributed by atoms with Gasteiger partial charge in [0.05, 0.1) is 5.56 Å². The fraction of sp³-hybridized carbons (Fsp3) is 0.235. The fourth-order valence-electron chi connectivity index (χ4n) is 3.01. The fourth-order valence-corrected chi connectivity index (χ4v) is 3.01. The first-order valence-corrected chi connectivity index (χ1v) is 7.31. The summed E-state index contributed by atoms with van der Waals surface area (Å²) in [6.07, 6.45) is 3.96. The number of pyridine rings is 1. The van der Waals surface area contributed by atoms with E-state index in [-0.39, 0.29) is 11.5 Å². The van der Waals surface area contributed by atoms with E-state index in [2.05, 4.69) is 10.3 Å². The number of carbonyl (C=O) groups is 2. The zero-order valence-corrected chi connectivity index (χ0v) is 12.3. The second-order valence-corrected chi connectivity index (χ2v) is 5.56. The molecule has 2 heterocycles. The van der Waals surface area contributed by atoms with Crippen LogP contribution in [0.2, 0.25) is 0 Å². The van der Waals surface area contributed by atoms with Gasteiger partial charge in [-0.15, -0.1) is 0 Å². The molecule has 1 aliphatic heterocycles. The van der Waals surface area contributed by atoms with E-state index in [0.717, 1.165) is 16.7 Å². The first-order chi connectivity index (χ1) is 11.1. The van der Waals surface area contributed by atoms with E-state index in [1.807, 2.05) is 12.1 Å². The molecule has 6 heteroatoms. The molecule has 0 aliphatic carbocycles. The van der Waals surface area contributed by atoms with Gasteiger partial charge in [-0.25, -0.2) is 4.79 Å². The summed E-state index contributed by atoms with van der Waals surface area (Å²) < 4.78 is 0. The highest BCUT2D eigenvalue weighted by molar-refractivity contribution is 5.90. The predicted octanol–water partition coefficient (Wildman–Crippen LogP) is 1.98. The van der Waals surface area contributed by atoms with E-state index in [0.29, 0.717) is 13.0 Å². The SMILES string of the molecule is O=C(O)c1cc(-c2cccnc2)cc(C2CCN[C@@H]2C(=O)O)c1. The molecule has 0 amide bonds. The van der Waals surface area contributed by atoms with Gasteiger partial charge in [-0.05, 0) is 42.3 Å². The second kappa shape index (κ2) is 6.18. The highest BCUT2D eigenvalue weighted by Gasteiger charge is 2.34. The molecule has 23 heavy (non-hydrogen) atoms. The first kappa shape index (κ1) is 15.2. The highest BCUT2D eigenvalue weighted by Crippen LogP contribution is 2.32. The molecule has 0 bridgehead atoms. The van der Waals surface area contributed by atoms with Gasteiger partial charge in [-0.3, -0.25) is 9.78 Å². The third-order valence-corrected chi connectivity index (χ3v) is 4.11. The molecular formula is C17H16N2O4. The van der Waals surface area contributed by atoms with Gasteiger partial charge in [-0.1, -0.05) is 12.1 Å². The molecule has 6 nitrogen and oxygen atoms in total. The zero-order chi connectivity index (χ0) is 16.4. The number of aromatic nitrogens is 1. The van der Waals surface area contributed by atoms with Crippen molar-refractivity contribution in [2.24, 2.45) is 0 Å². The van der Waals surface area contributed by atoms with Crippen molar-refractivity contribution < 1.29 is 19.8 Å². The zero-order valence-electron chi connectivity index (χ0n) is 12.3. The van der Waals surface area contributed by atoms with Crippen molar-refractivity contribution in [1.82, 2.24) is 10.3 Å². The smallest absolute Gasteiger partial charge is 0.335 e. The lowest BCUT2D eigenvalue weighted by Crippen LogP contribution is -2.34. The summed E-state index contributed by atoms with van der Waals surface area (Å²) in [5, 5.41) is 21.6. The number of carboxylic acid groups (broad SMARTS) is 2. The van der Waals surface area contributed by atoms with Crippen molar-refractivity contribution in [2.75, 3.05) is 6.54 Å². The van der Waals surface area contributed by atoms with E-state index in [1.54, 1.807) is 30.6 Å². The van der Waals surface area contributed by atoms with Crippen LogP contribution in [0.15, 0.2) is 42.7 Å². The third kappa shape index (κ3) is 3.07. The minimum absolute atomic E-state index is 0.150. The Morgan fingerprint density at radius 1 is 1.17 bits per heavy atom. The lowest BCUT2D eigenvalue weighted by molar-refractivity contribution is -0.139. The van der Waals surface area contributed by atoms with Crippen LogP contribution in [0.3, 0.4) is 0 Å². The average molecular weight is 312 g/mol. The number of carboxylic acids is 2. The first-order valence-electron chi connectivity index (χ1n) is 7.31. The molecule has 1 fully saturated rings. The van der Waals surface area contributed by atoms with Gasteiger partial charge in [-0.2, -0.15) is 0 Å². The number of nitrogens with zero attached hydrogens (tertiary/aromatic N) is 1. The molecule has 2 atom stereocenters. The highest BCUT2D eigenvalue weighted by atomic mass is 16.4. The van der Waals surface area contributed by atoms with Crippen molar-refractivity contribution in [2.45, 2.75) is 18.4 Å². The summed E-state index contributed by atoms with van der Waals surface area (Å²) in [6.45, 7) is 0.598. The van der Waals surface area contributed by atoms with Crippen LogP contribution in [0.25, 0.3) is 11.1 Å². The van der Waals surface area contributed by atoms with Crippen molar-refractivity contribution in [3.63, 3.8) is 0 Å². The number of aliphatic carboxylic acids is 1. The van der Waals surface area contributed by atoms with Gasteiger partial charge >= 0.3 is 11.9 Å². The Balaban J connectivity index is 2.08. The third-order valence-electron chi connectivity index (χ3n) is 4.11. The Bertz CT molecular complexity index is 746. The molecule has 1 saturated heterocycles. The number of rotatable bonds is 4. The Kier molecular flexibility index (Phi) is 4.08. The summed E-state index contributed by atoms with van der Waals surface area (Å²) in [4.78, 5) is 26.8. The van der Waals surface area contributed by atoms with Crippen LogP contribution in [-0.4, -0.2) is 39.7 Å². The quantitative estimate of drug-likeness (QED) is 0.798. The number of benzene rings is 1. The Hall–Kier alpha value is -2.73. The Morgan fingerprint density at radius 2 is 2.00 bits per heavy atom. The van der Waals surface area contributed by atoms with Crippen LogP contribution in [0, 0.1) is 0 Å². The van der Waals surface area contributed by atoms with Gasteiger partial charge in [0, 0.05) is 23.9 Å². The van der Waals surface area contributed by atoms with Crippen molar-refractivity contribution in [3.8, 4) is 11.1 Å². The summed E-state index contributed by atoms with van der Waals surface area (Å²) in [5.74, 6) is -2.20. The molecule has 1 aliphatic rings. The van der Waals surface area contributed by atoms with Crippen molar-refractivity contribution in [1.29, 1.82) is 0 Å². The predicted molar refractivity (Wildman–Crippen MR) is 83.4 cm³/mol. The number of nitrogens with one attached hydrogen (secondary N) is 1. The molecule has 1 aromatic carbocycles. The van der Waals surface area contributed by atoms with E-state index in [1.165, 1.54) is 0 Å². The van der Waals surface area contributed by atoms with E-state index in [9.17, 15) is 19.8 Å². The topological polar surface area (TPSA) is 99.5 Å². The average Bonchev–Trinajstić information content (AvgIpc) is 3.05. The largest absolute Gasteiger partial charge is 0.480 e. The van der Waals surface area contributed by atoms with Crippen molar-refractivity contribution >= 4 is 11.9 Å². The van der Waals surface area contributed by atoms with Crippen LogP contribution >= 0.6 is 0 Å². The van der Waals surface area contributed by atoms with Gasteiger partial charge in [0.2, 0.25) is 0 Å². The molecule has 3 rings (SSSR count). The number of aromatic carboxylic acids is 1. The summed E-state index contributed by atoms with van der Waals surface area (Å²) >= 11 is 0. The van der Waals surface area contributed by atoms with E-state index in [4.69, 9.17) is 0 Å². The maximum absolute atomic E-state index is 11.4. The molecule has 118 valence electrons. The van der Waals surface area contributed by atoms with Crippen LogP contribution in [-0.2, 0) is 4.79 Å². The van der Waals surface area contributed by atoms with Crippen molar-refractivity contribution in [3.05, 3.63) is 53.9 Å². The van der Waals surface area contributed by atoms with Gasteiger partial charge in [0.25, 0.3) is 0 Å². The number of hydrogen-bond donors (Lipinski definition) is 3. The Morgan fingerprint density at radius 3 is 2.65 bits per heavy atom. The lowest BCUT2D eigenvalue weighted by atomic mass is 9.88. The second-order valence-electron chi connectivity index (χ2n) is 5.56. The molecular weight excluding hydrogens is 296 g/mol. The van der Waals surface area contributed by atoms with Crippen LogP contribution in [0.1, 0.15) is 28.3 Å². The van der Waals surface area contributed by atoms with Crippen LogP contribution in [0.5, 0.6) is 0 Å². The molecule has 3 N–H and O–H groups in total. The summed E-state index contributed by atoms with van der Waals surface area (Å²) in [7, 11) is 0. The molecule has 0 saturated carbocycles. The van der Waals surface area contributed by atoms with Crippen LogP contribution < -0.4 is 5.32 Å². The van der Waals surface area contributed by atoms with Gasteiger partial charge in [0.15, 0.2) is 0 Å². The van der Waals surface area contributed by atoms with Gasteiger partial charge in [0.1, 0.15) is 6.04 Å². The summed E-state index contributed by atoms with van der Waals surface area (Å²) in [6, 6.07) is 7.94. The van der Waals surface area contributed by atoms with Crippen LogP contribution in [0.4, 0.5) is 0 Å². The molecule has 0 radical (unpaired) electrons. The maximum Gasteiger partial charge on any atom is 0.335 e. The minimum Gasteiger partial charge on any atom is -0.480 e. The molecule has 0 spiro atoms. The lowest BCUT2D eigenvalue weighted by Gasteiger charge is -2.17. The maximum atomic E-state index is 11.4. The monoisotopic (exact) mass is 312 g/mol. The summed E-state index contributed by atoms with van der Waals surface area (Å²) in [5.41, 5.74) is 2.40. The molecule has 1 aromatic heterocycles.